The van der Waals surface area contributed by atoms with Gasteiger partial charge in [0.05, 0.1) is 12.1 Å². The molecule has 0 fully saturated rings. The first-order chi connectivity index (χ1) is 7.63. The van der Waals surface area contributed by atoms with Crippen molar-refractivity contribution < 1.29 is 17.7 Å². The van der Waals surface area contributed by atoms with Crippen molar-refractivity contribution in [2.45, 2.75) is 6.54 Å². The van der Waals surface area contributed by atoms with Gasteiger partial charge in [0, 0.05) is 6.07 Å². The van der Waals surface area contributed by atoms with Crippen LogP contribution in [-0.4, -0.2) is 5.16 Å². The molecule has 0 radical (unpaired) electrons. The Hall–Kier alpha value is -1.82. The van der Waals surface area contributed by atoms with E-state index in [2.05, 4.69) is 9.68 Å². The Morgan fingerprint density at radius 1 is 1.19 bits per heavy atom. The summed E-state index contributed by atoms with van der Waals surface area (Å²) in [6, 6.07) is 2.80. The van der Waals surface area contributed by atoms with E-state index in [0.717, 1.165) is 6.07 Å². The van der Waals surface area contributed by atoms with Crippen LogP contribution in [-0.2, 0) is 6.54 Å². The highest BCUT2D eigenvalue weighted by Gasteiger charge is 2.18. The van der Waals surface area contributed by atoms with Gasteiger partial charge in [-0.05, 0) is 12.1 Å². The van der Waals surface area contributed by atoms with E-state index < -0.39 is 23.0 Å². The van der Waals surface area contributed by atoms with Crippen molar-refractivity contribution in [1.29, 1.82) is 0 Å². The van der Waals surface area contributed by atoms with Gasteiger partial charge in [-0.1, -0.05) is 5.16 Å². The van der Waals surface area contributed by atoms with Crippen LogP contribution < -0.4 is 5.73 Å². The van der Waals surface area contributed by atoms with Gasteiger partial charge in [0.2, 0.25) is 0 Å². The van der Waals surface area contributed by atoms with E-state index in [1.165, 1.54) is 6.07 Å². The molecule has 1 aromatic carbocycles. The third-order valence-electron chi connectivity index (χ3n) is 2.06. The molecule has 84 valence electrons. The predicted molar refractivity (Wildman–Crippen MR) is 49.7 cm³/mol. The van der Waals surface area contributed by atoms with Crippen LogP contribution in [0.5, 0.6) is 0 Å². The summed E-state index contributed by atoms with van der Waals surface area (Å²) in [5.74, 6) is -3.08. The first-order valence-corrected chi connectivity index (χ1v) is 4.43. The summed E-state index contributed by atoms with van der Waals surface area (Å²) in [7, 11) is 0. The second kappa shape index (κ2) is 3.97. The highest BCUT2D eigenvalue weighted by atomic mass is 19.2. The molecule has 1 heterocycles. The van der Waals surface area contributed by atoms with Crippen molar-refractivity contribution in [1.82, 2.24) is 5.16 Å². The van der Waals surface area contributed by atoms with Gasteiger partial charge in [0.25, 0.3) is 0 Å². The highest BCUT2D eigenvalue weighted by Crippen LogP contribution is 2.27. The van der Waals surface area contributed by atoms with Crippen molar-refractivity contribution in [3.63, 3.8) is 0 Å². The Balaban J connectivity index is 2.58. The molecule has 0 saturated carbocycles. The smallest absolute Gasteiger partial charge is 0.171 e. The highest BCUT2D eigenvalue weighted by molar-refractivity contribution is 5.60. The molecule has 0 spiro atoms. The number of nitrogens with zero attached hydrogens (tertiary/aromatic N) is 1. The average Bonchev–Trinajstić information content (AvgIpc) is 2.73. The molecule has 0 aliphatic rings. The van der Waals surface area contributed by atoms with Crippen molar-refractivity contribution in [3.8, 4) is 11.3 Å². The fourth-order valence-electron chi connectivity index (χ4n) is 1.29. The maximum absolute atomic E-state index is 13.3. The fraction of sp³-hybridized carbons (Fsp3) is 0.100. The first-order valence-electron chi connectivity index (χ1n) is 4.43. The Kier molecular flexibility index (Phi) is 2.66. The van der Waals surface area contributed by atoms with Gasteiger partial charge in [0.1, 0.15) is 11.5 Å². The molecular formula is C10H7F3N2O. The molecule has 2 aromatic rings. The van der Waals surface area contributed by atoms with Crippen molar-refractivity contribution in [3.05, 3.63) is 41.4 Å². The van der Waals surface area contributed by atoms with E-state index in [9.17, 15) is 13.2 Å². The number of hydrogen-bond acceptors (Lipinski definition) is 3. The molecular weight excluding hydrogens is 221 g/mol. The predicted octanol–water partition coefficient (Wildman–Crippen LogP) is 2.22. The summed E-state index contributed by atoms with van der Waals surface area (Å²) in [6.07, 6.45) is 0. The van der Waals surface area contributed by atoms with Crippen LogP contribution in [0.15, 0.2) is 22.7 Å². The monoisotopic (exact) mass is 228 g/mol. The second-order valence-corrected chi connectivity index (χ2v) is 3.10. The lowest BCUT2D eigenvalue weighted by molar-refractivity contribution is 0.386. The van der Waals surface area contributed by atoms with Crippen LogP contribution >= 0.6 is 0 Å². The number of rotatable bonds is 2. The Bertz CT molecular complexity index is 525. The number of benzene rings is 1. The Morgan fingerprint density at radius 3 is 2.50 bits per heavy atom. The minimum Gasteiger partial charge on any atom is -0.359 e. The van der Waals surface area contributed by atoms with Crippen LogP contribution in [0.4, 0.5) is 13.2 Å². The molecule has 0 aliphatic carbocycles. The fourth-order valence-corrected chi connectivity index (χ4v) is 1.29. The summed E-state index contributed by atoms with van der Waals surface area (Å²) < 4.78 is 44.2. The van der Waals surface area contributed by atoms with Gasteiger partial charge in [-0.25, -0.2) is 13.2 Å². The maximum atomic E-state index is 13.3. The summed E-state index contributed by atoms with van der Waals surface area (Å²) in [5.41, 5.74) is 4.58. The molecule has 0 aliphatic heterocycles. The molecule has 16 heavy (non-hydrogen) atoms. The van der Waals surface area contributed by atoms with Crippen molar-refractivity contribution in [2.24, 2.45) is 5.73 Å². The lowest BCUT2D eigenvalue weighted by Gasteiger charge is -2.00. The van der Waals surface area contributed by atoms with Crippen LogP contribution in [0.1, 0.15) is 5.76 Å². The van der Waals surface area contributed by atoms with Gasteiger partial charge < -0.3 is 10.3 Å². The minimum absolute atomic E-state index is 0.0472. The van der Waals surface area contributed by atoms with E-state index in [1.807, 2.05) is 0 Å². The Labute approximate surface area is 88.7 Å². The van der Waals surface area contributed by atoms with E-state index in [0.29, 0.717) is 6.07 Å². The second-order valence-electron chi connectivity index (χ2n) is 3.10. The van der Waals surface area contributed by atoms with Crippen LogP contribution in [0.25, 0.3) is 11.3 Å². The molecule has 0 unspecified atom stereocenters. The third-order valence-corrected chi connectivity index (χ3v) is 2.06. The standard InChI is InChI=1S/C10H7F3N2O/c11-6-1-2-7(12)10(13)9(6)8-3-5(4-14)16-15-8/h1-3H,4,14H2. The molecule has 0 atom stereocenters. The molecule has 2 rings (SSSR count). The van der Waals surface area contributed by atoms with Gasteiger partial charge in [-0.2, -0.15) is 0 Å². The maximum Gasteiger partial charge on any atom is 0.171 e. The Morgan fingerprint density at radius 2 is 1.88 bits per heavy atom. The zero-order valence-electron chi connectivity index (χ0n) is 8.01. The summed E-state index contributed by atoms with van der Waals surface area (Å²) in [6.45, 7) is 0.0472. The molecule has 1 aromatic heterocycles. The first kappa shape index (κ1) is 10.7. The van der Waals surface area contributed by atoms with E-state index in [-0.39, 0.29) is 18.0 Å². The van der Waals surface area contributed by atoms with Crippen molar-refractivity contribution in [2.75, 3.05) is 0 Å². The molecule has 0 bridgehead atoms. The van der Waals surface area contributed by atoms with E-state index >= 15 is 0 Å². The lowest BCUT2D eigenvalue weighted by atomic mass is 10.1. The molecule has 0 amide bonds. The third kappa shape index (κ3) is 1.67. The normalized spacial score (nSPS) is 10.8. The number of aromatic nitrogens is 1. The SMILES string of the molecule is NCc1cc(-c2c(F)ccc(F)c2F)no1. The van der Waals surface area contributed by atoms with Crippen molar-refractivity contribution >= 4 is 0 Å². The quantitative estimate of drug-likeness (QED) is 0.802. The van der Waals surface area contributed by atoms with Crippen LogP contribution in [0.2, 0.25) is 0 Å². The van der Waals surface area contributed by atoms with Gasteiger partial charge in [-0.3, -0.25) is 0 Å². The topological polar surface area (TPSA) is 52.0 Å². The number of halogens is 3. The minimum atomic E-state index is -1.29. The number of hydrogen-bond donors (Lipinski definition) is 1. The van der Waals surface area contributed by atoms with Gasteiger partial charge in [-0.15, -0.1) is 0 Å². The zero-order valence-corrected chi connectivity index (χ0v) is 8.01. The molecule has 6 heteroatoms. The zero-order chi connectivity index (χ0) is 11.7. The average molecular weight is 228 g/mol. The lowest BCUT2D eigenvalue weighted by Crippen LogP contribution is -1.94. The molecule has 2 N–H and O–H groups in total. The molecule has 0 saturated heterocycles. The van der Waals surface area contributed by atoms with Gasteiger partial charge in [0.15, 0.2) is 17.4 Å². The van der Waals surface area contributed by atoms with Crippen LogP contribution in [0, 0.1) is 17.5 Å². The van der Waals surface area contributed by atoms with E-state index in [4.69, 9.17) is 5.73 Å². The number of nitrogens with two attached hydrogens (primary N) is 1. The molecule has 3 nitrogen and oxygen atoms in total. The van der Waals surface area contributed by atoms with Gasteiger partial charge >= 0.3 is 0 Å². The summed E-state index contributed by atoms with van der Waals surface area (Å²) >= 11 is 0. The summed E-state index contributed by atoms with van der Waals surface area (Å²) in [4.78, 5) is 0. The van der Waals surface area contributed by atoms with E-state index in [1.54, 1.807) is 0 Å². The largest absolute Gasteiger partial charge is 0.359 e. The van der Waals surface area contributed by atoms with Crippen LogP contribution in [0.3, 0.4) is 0 Å². The summed E-state index contributed by atoms with van der Waals surface area (Å²) in [5, 5.41) is 3.42.